The van der Waals surface area contributed by atoms with E-state index in [4.69, 9.17) is 5.73 Å². The van der Waals surface area contributed by atoms with Gasteiger partial charge in [0.05, 0.1) is 11.9 Å². The maximum Gasteiger partial charge on any atom is 0.291 e. The lowest BCUT2D eigenvalue weighted by atomic mass is 9.97. The lowest BCUT2D eigenvalue weighted by molar-refractivity contribution is 0.150. The first kappa shape index (κ1) is 22.6. The van der Waals surface area contributed by atoms with Crippen molar-refractivity contribution in [3.05, 3.63) is 23.5 Å². The molecule has 0 bridgehead atoms. The predicted molar refractivity (Wildman–Crippen MR) is 121 cm³/mol. The Morgan fingerprint density at radius 3 is 2.64 bits per heavy atom. The van der Waals surface area contributed by atoms with Crippen molar-refractivity contribution in [3.63, 3.8) is 0 Å². The number of aromatic nitrogens is 4. The van der Waals surface area contributed by atoms with E-state index in [-0.39, 0.29) is 9.90 Å². The summed E-state index contributed by atoms with van der Waals surface area (Å²) < 4.78 is 57.0. The van der Waals surface area contributed by atoms with E-state index in [0.717, 1.165) is 50.1 Å². The van der Waals surface area contributed by atoms with Crippen LogP contribution in [0.3, 0.4) is 0 Å². The van der Waals surface area contributed by atoms with Crippen LogP contribution in [0.4, 0.5) is 14.5 Å². The molecule has 178 valence electrons. The molecule has 3 aromatic rings. The molecule has 5 rings (SSSR count). The Hall–Kier alpha value is -2.22. The first-order chi connectivity index (χ1) is 15.7. The van der Waals surface area contributed by atoms with E-state index in [2.05, 4.69) is 24.8 Å². The molecule has 0 unspecified atom stereocenters. The van der Waals surface area contributed by atoms with Crippen LogP contribution in [-0.2, 0) is 10.0 Å². The minimum atomic E-state index is -3.81. The summed E-state index contributed by atoms with van der Waals surface area (Å²) >= 11 is 0.766. The van der Waals surface area contributed by atoms with Crippen LogP contribution in [0.5, 0.6) is 0 Å². The maximum absolute atomic E-state index is 13.2. The zero-order chi connectivity index (χ0) is 23.4. The first-order valence-electron chi connectivity index (χ1n) is 10.8. The van der Waals surface area contributed by atoms with Gasteiger partial charge in [0.15, 0.2) is 15.7 Å². The van der Waals surface area contributed by atoms with Gasteiger partial charge in [0.2, 0.25) is 10.0 Å². The van der Waals surface area contributed by atoms with Crippen LogP contribution >= 0.6 is 11.3 Å². The molecular weight excluding hydrogens is 472 g/mol. The quantitative estimate of drug-likeness (QED) is 0.515. The van der Waals surface area contributed by atoms with Gasteiger partial charge in [0.1, 0.15) is 10.6 Å². The average Bonchev–Trinajstić information content (AvgIpc) is 3.19. The summed E-state index contributed by atoms with van der Waals surface area (Å²) in [5.74, 6) is 0.435. The summed E-state index contributed by atoms with van der Waals surface area (Å²) in [5, 5.41) is 7.31. The second kappa shape index (κ2) is 8.22. The van der Waals surface area contributed by atoms with Crippen LogP contribution in [0.25, 0.3) is 16.3 Å². The van der Waals surface area contributed by atoms with Gasteiger partial charge in [-0.1, -0.05) is 11.3 Å². The minimum Gasteiger partial charge on any atom is -0.368 e. The molecule has 1 saturated carbocycles. The topological polar surface area (TPSA) is 119 Å². The third-order valence-corrected chi connectivity index (χ3v) is 8.95. The Morgan fingerprint density at radius 2 is 2.03 bits per heavy atom. The summed E-state index contributed by atoms with van der Waals surface area (Å²) in [7, 11) is -3.81. The predicted octanol–water partition coefficient (Wildman–Crippen LogP) is 2.80. The molecule has 1 saturated heterocycles. The molecule has 9 nitrogen and oxygen atoms in total. The Labute approximate surface area is 194 Å². The zero-order valence-corrected chi connectivity index (χ0v) is 19.7. The summed E-state index contributed by atoms with van der Waals surface area (Å²) in [4.78, 5) is 6.71. The number of imidazole rings is 1. The van der Waals surface area contributed by atoms with E-state index >= 15 is 0 Å². The molecule has 1 aliphatic carbocycles. The van der Waals surface area contributed by atoms with Crippen LogP contribution in [0.2, 0.25) is 0 Å². The number of alkyl halides is 2. The zero-order valence-electron chi connectivity index (χ0n) is 18.0. The average molecular weight is 498 g/mol. The van der Waals surface area contributed by atoms with Crippen LogP contribution < -0.4 is 15.4 Å². The van der Waals surface area contributed by atoms with Crippen molar-refractivity contribution in [2.75, 3.05) is 24.5 Å². The molecule has 13 heteroatoms. The van der Waals surface area contributed by atoms with E-state index < -0.39 is 27.0 Å². The molecule has 3 N–H and O–H groups in total. The van der Waals surface area contributed by atoms with Crippen LogP contribution in [0.15, 0.2) is 23.4 Å². The molecule has 33 heavy (non-hydrogen) atoms. The van der Waals surface area contributed by atoms with Crippen molar-refractivity contribution >= 4 is 32.7 Å². The highest BCUT2D eigenvalue weighted by molar-refractivity contribution is 7.89. The smallest absolute Gasteiger partial charge is 0.291 e. The van der Waals surface area contributed by atoms with Gasteiger partial charge in [-0.25, -0.2) is 26.9 Å². The monoisotopic (exact) mass is 497 g/mol. The number of nitrogens with one attached hydrogen (secondary N) is 1. The van der Waals surface area contributed by atoms with Crippen molar-refractivity contribution in [2.24, 2.45) is 11.7 Å². The molecule has 4 heterocycles. The van der Waals surface area contributed by atoms with Gasteiger partial charge < -0.3 is 10.6 Å². The number of pyridine rings is 1. The second-order valence-electron chi connectivity index (χ2n) is 8.98. The number of hydrogen-bond donors (Lipinski definition) is 2. The summed E-state index contributed by atoms with van der Waals surface area (Å²) in [6.45, 7) is 3.94. The van der Waals surface area contributed by atoms with E-state index in [1.54, 1.807) is 10.5 Å². The van der Waals surface area contributed by atoms with Crippen molar-refractivity contribution < 1.29 is 17.2 Å². The minimum absolute atomic E-state index is 0.0944. The SMILES string of the molecule is CC1(NS(=O)(=O)c2cc(N3CCC(CN)CC3)c3ncc(-c4nnc(C(F)F)s4)n3c2)CC1. The molecule has 0 aromatic carbocycles. The number of halogens is 2. The molecule has 1 aliphatic heterocycles. The fourth-order valence-corrected chi connectivity index (χ4v) is 6.28. The fraction of sp³-hybridized carbons (Fsp3) is 0.550. The number of hydrogen-bond acceptors (Lipinski definition) is 8. The molecule has 2 aliphatic rings. The number of fused-ring (bicyclic) bond motifs is 1. The van der Waals surface area contributed by atoms with Crippen LogP contribution in [0.1, 0.15) is 44.0 Å². The Morgan fingerprint density at radius 1 is 1.30 bits per heavy atom. The molecule has 0 amide bonds. The largest absolute Gasteiger partial charge is 0.368 e. The van der Waals surface area contributed by atoms with Crippen LogP contribution in [0, 0.1) is 5.92 Å². The number of piperidine rings is 1. The molecule has 0 atom stereocenters. The number of anilines is 1. The maximum atomic E-state index is 13.2. The van der Waals surface area contributed by atoms with Gasteiger partial charge in [-0.15, -0.1) is 10.2 Å². The van der Waals surface area contributed by atoms with Crippen LogP contribution in [-0.4, -0.2) is 53.2 Å². The summed E-state index contributed by atoms with van der Waals surface area (Å²) in [6.07, 6.45) is 3.64. The van der Waals surface area contributed by atoms with Crippen molar-refractivity contribution in [1.29, 1.82) is 0 Å². The number of nitrogens with zero attached hydrogens (tertiary/aromatic N) is 5. The van der Waals surface area contributed by atoms with Gasteiger partial charge in [-0.3, -0.25) is 4.40 Å². The van der Waals surface area contributed by atoms with Gasteiger partial charge >= 0.3 is 0 Å². The number of rotatable bonds is 7. The standard InChI is InChI=1S/C20H25F2N7O2S2/c1-20(4-5-20)27-33(30,31)13-8-14(28-6-2-12(9-23)3-7-28)17-24-10-15(29(17)11-13)18-25-26-19(32-18)16(21)22/h8,10-12,16,27H,2-7,9,23H2,1H3. The fourth-order valence-electron chi connectivity index (χ4n) is 4.09. The lowest BCUT2D eigenvalue weighted by Crippen LogP contribution is -2.37. The lowest BCUT2D eigenvalue weighted by Gasteiger charge is -2.33. The van der Waals surface area contributed by atoms with E-state index in [1.165, 1.54) is 12.4 Å². The number of sulfonamides is 1. The van der Waals surface area contributed by atoms with E-state index in [9.17, 15) is 17.2 Å². The van der Waals surface area contributed by atoms with Crippen molar-refractivity contribution in [3.8, 4) is 10.7 Å². The molecule has 0 radical (unpaired) electrons. The summed E-state index contributed by atoms with van der Waals surface area (Å²) in [5.41, 5.74) is 7.03. The first-order valence-corrected chi connectivity index (χ1v) is 13.1. The third-order valence-electron chi connectivity index (χ3n) is 6.39. The third kappa shape index (κ3) is 4.34. The normalized spacial score (nSPS) is 19.0. The highest BCUT2D eigenvalue weighted by Gasteiger charge is 2.41. The Balaban J connectivity index is 1.62. The second-order valence-corrected chi connectivity index (χ2v) is 11.7. The highest BCUT2D eigenvalue weighted by atomic mass is 32.2. The van der Waals surface area contributed by atoms with Gasteiger partial charge in [-0.05, 0) is 51.1 Å². The van der Waals surface area contributed by atoms with Gasteiger partial charge in [0.25, 0.3) is 6.43 Å². The van der Waals surface area contributed by atoms with Gasteiger partial charge in [0, 0.05) is 24.8 Å². The highest BCUT2D eigenvalue weighted by Crippen LogP contribution is 2.38. The molecular formula is C20H25F2N7O2S2. The Kier molecular flexibility index (Phi) is 5.62. The summed E-state index contributed by atoms with van der Waals surface area (Å²) in [6, 6.07) is 1.65. The molecule has 0 spiro atoms. The van der Waals surface area contributed by atoms with Crippen molar-refractivity contribution in [1.82, 2.24) is 24.3 Å². The Bertz CT molecular complexity index is 1280. The molecule has 3 aromatic heterocycles. The van der Waals surface area contributed by atoms with E-state index in [0.29, 0.717) is 29.5 Å². The molecule has 2 fully saturated rings. The van der Waals surface area contributed by atoms with E-state index in [1.807, 2.05) is 6.92 Å². The van der Waals surface area contributed by atoms with Crippen molar-refractivity contribution in [2.45, 2.75) is 49.5 Å². The number of nitrogens with two attached hydrogens (primary N) is 1. The van der Waals surface area contributed by atoms with Gasteiger partial charge in [-0.2, -0.15) is 0 Å².